The van der Waals surface area contributed by atoms with Crippen LogP contribution in [0.3, 0.4) is 0 Å². The minimum absolute atomic E-state index is 0.0899. The van der Waals surface area contributed by atoms with E-state index < -0.39 is 23.6 Å². The van der Waals surface area contributed by atoms with E-state index in [1.54, 1.807) is 19.1 Å². The summed E-state index contributed by atoms with van der Waals surface area (Å²) >= 11 is 6.07. The molecule has 0 saturated heterocycles. The molecule has 1 unspecified atom stereocenters. The van der Waals surface area contributed by atoms with Crippen LogP contribution < -0.4 is 5.32 Å². The van der Waals surface area contributed by atoms with Crippen LogP contribution >= 0.6 is 11.6 Å². The van der Waals surface area contributed by atoms with Crippen molar-refractivity contribution in [3.63, 3.8) is 0 Å². The average molecular weight is 423 g/mol. The molecule has 0 aromatic heterocycles. The van der Waals surface area contributed by atoms with Crippen LogP contribution in [0.1, 0.15) is 37.8 Å². The number of hydrogen-bond acceptors (Lipinski definition) is 2. The molecule has 4 nitrogen and oxygen atoms in total. The number of amides is 2. The lowest BCUT2D eigenvalue weighted by molar-refractivity contribution is -0.141. The summed E-state index contributed by atoms with van der Waals surface area (Å²) in [5, 5.41) is 2.96. The van der Waals surface area contributed by atoms with Gasteiger partial charge in [-0.1, -0.05) is 43.6 Å². The average Bonchev–Trinajstić information content (AvgIpc) is 2.70. The highest BCUT2D eigenvalue weighted by Gasteiger charge is 2.29. The molecule has 0 spiro atoms. The summed E-state index contributed by atoms with van der Waals surface area (Å²) < 4.78 is 27.4. The van der Waals surface area contributed by atoms with Crippen molar-refractivity contribution in [3.8, 4) is 0 Å². The van der Waals surface area contributed by atoms with Crippen LogP contribution in [0.15, 0.2) is 42.5 Å². The molecule has 2 amide bonds. The SMILES string of the molecule is CCCNC(=O)C(CC)N(Cc1ccc(F)cc1)C(=O)Cc1c(F)cccc1Cl. The highest BCUT2D eigenvalue weighted by atomic mass is 35.5. The molecule has 0 aliphatic heterocycles. The predicted octanol–water partition coefficient (Wildman–Crippen LogP) is 4.49. The molecule has 1 atom stereocenters. The monoisotopic (exact) mass is 422 g/mol. The predicted molar refractivity (Wildman–Crippen MR) is 109 cm³/mol. The third-order valence-corrected chi connectivity index (χ3v) is 4.95. The third kappa shape index (κ3) is 6.26. The number of halogens is 3. The fraction of sp³-hybridized carbons (Fsp3) is 0.364. The standard InChI is InChI=1S/C22H25ClF2N2O2/c1-3-12-26-22(29)20(4-2)27(14-15-8-10-16(24)11-9-15)21(28)13-17-18(23)6-5-7-19(17)25/h5-11,20H,3-4,12-14H2,1-2H3,(H,26,29). The highest BCUT2D eigenvalue weighted by molar-refractivity contribution is 6.31. The Kier molecular flexibility index (Phi) is 8.58. The summed E-state index contributed by atoms with van der Waals surface area (Å²) in [6.07, 6.45) is 0.872. The molecular formula is C22H25ClF2N2O2. The Labute approximate surface area is 174 Å². The molecule has 0 heterocycles. The van der Waals surface area contributed by atoms with Crippen LogP contribution in [-0.2, 0) is 22.6 Å². The Morgan fingerprint density at radius 2 is 1.79 bits per heavy atom. The molecule has 0 radical (unpaired) electrons. The Morgan fingerprint density at radius 1 is 1.10 bits per heavy atom. The van der Waals surface area contributed by atoms with Gasteiger partial charge in [-0.25, -0.2) is 8.78 Å². The van der Waals surface area contributed by atoms with Gasteiger partial charge in [0.05, 0.1) is 6.42 Å². The number of nitrogens with one attached hydrogen (secondary N) is 1. The van der Waals surface area contributed by atoms with Gasteiger partial charge in [-0.2, -0.15) is 0 Å². The van der Waals surface area contributed by atoms with Crippen LogP contribution in [0, 0.1) is 11.6 Å². The molecule has 0 saturated carbocycles. The van der Waals surface area contributed by atoms with E-state index in [1.165, 1.54) is 35.2 Å². The molecule has 7 heteroatoms. The quantitative estimate of drug-likeness (QED) is 0.647. The van der Waals surface area contributed by atoms with E-state index in [-0.39, 0.29) is 29.5 Å². The molecule has 29 heavy (non-hydrogen) atoms. The van der Waals surface area contributed by atoms with Crippen molar-refractivity contribution in [1.29, 1.82) is 0 Å². The van der Waals surface area contributed by atoms with E-state index >= 15 is 0 Å². The fourth-order valence-electron chi connectivity index (χ4n) is 3.03. The van der Waals surface area contributed by atoms with Gasteiger partial charge in [-0.05, 0) is 42.7 Å². The van der Waals surface area contributed by atoms with E-state index in [0.717, 1.165) is 6.42 Å². The normalized spacial score (nSPS) is 11.8. The first-order valence-corrected chi connectivity index (χ1v) is 9.99. The number of carbonyl (C=O) groups excluding carboxylic acids is 2. The number of hydrogen-bond donors (Lipinski definition) is 1. The van der Waals surface area contributed by atoms with Crippen molar-refractivity contribution in [3.05, 3.63) is 70.2 Å². The van der Waals surface area contributed by atoms with Crippen molar-refractivity contribution in [1.82, 2.24) is 10.2 Å². The van der Waals surface area contributed by atoms with Crippen molar-refractivity contribution >= 4 is 23.4 Å². The number of nitrogens with zero attached hydrogens (tertiary/aromatic N) is 1. The van der Waals surface area contributed by atoms with E-state index in [1.807, 2.05) is 6.92 Å². The highest BCUT2D eigenvalue weighted by Crippen LogP contribution is 2.22. The van der Waals surface area contributed by atoms with Gasteiger partial charge >= 0.3 is 0 Å². The van der Waals surface area contributed by atoms with Gasteiger partial charge in [0.1, 0.15) is 17.7 Å². The Morgan fingerprint density at radius 3 is 2.38 bits per heavy atom. The minimum Gasteiger partial charge on any atom is -0.354 e. The summed E-state index contributed by atoms with van der Waals surface area (Å²) in [7, 11) is 0. The number of carbonyl (C=O) groups is 2. The zero-order valence-corrected chi connectivity index (χ0v) is 17.3. The first-order chi connectivity index (χ1) is 13.9. The molecule has 2 aromatic rings. The van der Waals surface area contributed by atoms with Crippen molar-refractivity contribution < 1.29 is 18.4 Å². The Balaban J connectivity index is 2.32. The smallest absolute Gasteiger partial charge is 0.242 e. The largest absolute Gasteiger partial charge is 0.354 e. The van der Waals surface area contributed by atoms with Gasteiger partial charge in [-0.3, -0.25) is 9.59 Å². The molecule has 0 aliphatic carbocycles. The van der Waals surface area contributed by atoms with E-state index in [2.05, 4.69) is 5.32 Å². The summed E-state index contributed by atoms with van der Waals surface area (Å²) in [6, 6.07) is 9.20. The van der Waals surface area contributed by atoms with Crippen LogP contribution in [0.4, 0.5) is 8.78 Å². The zero-order chi connectivity index (χ0) is 21.4. The summed E-state index contributed by atoms with van der Waals surface area (Å²) in [6.45, 7) is 4.33. The van der Waals surface area contributed by atoms with Gasteiger partial charge in [0, 0.05) is 23.7 Å². The van der Waals surface area contributed by atoms with E-state index in [4.69, 9.17) is 11.6 Å². The van der Waals surface area contributed by atoms with Gasteiger partial charge in [-0.15, -0.1) is 0 Å². The van der Waals surface area contributed by atoms with Gasteiger partial charge in [0.25, 0.3) is 0 Å². The van der Waals surface area contributed by atoms with Crippen LogP contribution in [0.2, 0.25) is 5.02 Å². The summed E-state index contributed by atoms with van der Waals surface area (Å²) in [5.74, 6) is -1.67. The van der Waals surface area contributed by atoms with Crippen molar-refractivity contribution in [2.45, 2.75) is 45.7 Å². The Hall–Kier alpha value is -2.47. The molecule has 156 valence electrons. The first-order valence-electron chi connectivity index (χ1n) is 9.61. The number of benzene rings is 2. The van der Waals surface area contributed by atoms with Crippen molar-refractivity contribution in [2.24, 2.45) is 0 Å². The Bertz CT molecular complexity index is 823. The molecule has 0 bridgehead atoms. The molecule has 0 fully saturated rings. The molecular weight excluding hydrogens is 398 g/mol. The molecule has 2 rings (SSSR count). The lowest BCUT2D eigenvalue weighted by atomic mass is 10.1. The number of rotatable bonds is 9. The van der Waals surface area contributed by atoms with Crippen molar-refractivity contribution in [2.75, 3.05) is 6.54 Å². The fourth-order valence-corrected chi connectivity index (χ4v) is 3.26. The lowest BCUT2D eigenvalue weighted by Gasteiger charge is -2.31. The van der Waals surface area contributed by atoms with Gasteiger partial charge in [0.15, 0.2) is 0 Å². The maximum Gasteiger partial charge on any atom is 0.242 e. The molecule has 2 aromatic carbocycles. The van der Waals surface area contributed by atoms with Crippen LogP contribution in [0.25, 0.3) is 0 Å². The molecule has 1 N–H and O–H groups in total. The maximum atomic E-state index is 14.2. The van der Waals surface area contributed by atoms with Crippen LogP contribution in [-0.4, -0.2) is 29.3 Å². The third-order valence-electron chi connectivity index (χ3n) is 4.59. The second kappa shape index (κ2) is 10.9. The zero-order valence-electron chi connectivity index (χ0n) is 16.6. The summed E-state index contributed by atoms with van der Waals surface area (Å²) in [5.41, 5.74) is 0.758. The second-order valence-electron chi connectivity index (χ2n) is 6.74. The van der Waals surface area contributed by atoms with E-state index in [0.29, 0.717) is 18.5 Å². The first kappa shape index (κ1) is 22.8. The molecule has 0 aliphatic rings. The second-order valence-corrected chi connectivity index (χ2v) is 7.15. The van der Waals surface area contributed by atoms with Crippen LogP contribution in [0.5, 0.6) is 0 Å². The van der Waals surface area contributed by atoms with Gasteiger partial charge in [0.2, 0.25) is 11.8 Å². The topological polar surface area (TPSA) is 49.4 Å². The summed E-state index contributed by atoms with van der Waals surface area (Å²) in [4.78, 5) is 27.2. The maximum absolute atomic E-state index is 14.2. The minimum atomic E-state index is -0.732. The lowest BCUT2D eigenvalue weighted by Crippen LogP contribution is -2.49. The van der Waals surface area contributed by atoms with E-state index in [9.17, 15) is 18.4 Å². The van der Waals surface area contributed by atoms with Gasteiger partial charge < -0.3 is 10.2 Å².